The molecule has 0 bridgehead atoms. The Hall–Kier alpha value is -2.75. The van der Waals surface area contributed by atoms with E-state index in [1.54, 1.807) is 18.0 Å². The summed E-state index contributed by atoms with van der Waals surface area (Å²) in [4.78, 5) is 23.5. The van der Waals surface area contributed by atoms with E-state index in [2.05, 4.69) is 50.7 Å². The summed E-state index contributed by atoms with van der Waals surface area (Å²) in [5, 5.41) is 16.1. The third kappa shape index (κ3) is 4.66. The fourth-order valence-electron chi connectivity index (χ4n) is 4.70. The van der Waals surface area contributed by atoms with Gasteiger partial charge in [0.25, 0.3) is 5.91 Å². The number of carbonyl (C=O) groups excluding carboxylic acids is 1. The molecule has 2 atom stereocenters. The van der Waals surface area contributed by atoms with Crippen molar-refractivity contribution < 1.29 is 9.90 Å². The SMILES string of the molecule is CCN1C(=S)c2ccc(CN3CCC(N(C)c4ccc(C(=O)NC)nc4C)C3)cc2NC1O. The number of aromatic nitrogens is 1. The molecule has 1 saturated heterocycles. The van der Waals surface area contributed by atoms with Gasteiger partial charge in [-0.3, -0.25) is 9.69 Å². The molecule has 2 unspecified atom stereocenters. The van der Waals surface area contributed by atoms with Crippen LogP contribution in [0.2, 0.25) is 0 Å². The lowest BCUT2D eigenvalue weighted by Crippen LogP contribution is -2.48. The molecule has 2 aromatic rings. The number of pyridine rings is 1. The van der Waals surface area contributed by atoms with Crippen molar-refractivity contribution in [3.05, 3.63) is 52.8 Å². The van der Waals surface area contributed by atoms with Crippen LogP contribution < -0.4 is 15.5 Å². The van der Waals surface area contributed by atoms with Crippen LogP contribution in [-0.4, -0.2) is 76.9 Å². The number of anilines is 2. The lowest BCUT2D eigenvalue weighted by Gasteiger charge is -2.36. The number of carbonyl (C=O) groups is 1. The number of rotatable bonds is 6. The van der Waals surface area contributed by atoms with E-state index in [0.29, 0.717) is 23.3 Å². The van der Waals surface area contributed by atoms with Crippen molar-refractivity contribution in [2.45, 2.75) is 39.2 Å². The molecule has 33 heavy (non-hydrogen) atoms. The van der Waals surface area contributed by atoms with Gasteiger partial charge in [-0.15, -0.1) is 0 Å². The van der Waals surface area contributed by atoms with E-state index < -0.39 is 6.35 Å². The third-order valence-corrected chi connectivity index (χ3v) is 7.05. The Balaban J connectivity index is 1.41. The molecular formula is C24H32N6O2S. The molecule has 3 N–H and O–H groups in total. The number of amides is 1. The molecule has 0 spiro atoms. The summed E-state index contributed by atoms with van der Waals surface area (Å²) in [7, 11) is 3.71. The summed E-state index contributed by atoms with van der Waals surface area (Å²) >= 11 is 5.56. The molecule has 1 aromatic heterocycles. The number of thiocarbonyl (C=S) groups is 1. The maximum Gasteiger partial charge on any atom is 0.269 e. The average molecular weight is 469 g/mol. The first-order valence-electron chi connectivity index (χ1n) is 11.4. The molecule has 176 valence electrons. The molecule has 3 heterocycles. The van der Waals surface area contributed by atoms with E-state index in [0.717, 1.165) is 48.7 Å². The summed E-state index contributed by atoms with van der Waals surface area (Å²) < 4.78 is 0. The monoisotopic (exact) mass is 468 g/mol. The zero-order chi connectivity index (χ0) is 23.7. The van der Waals surface area contributed by atoms with Crippen molar-refractivity contribution in [2.24, 2.45) is 0 Å². The molecule has 1 fully saturated rings. The number of aliphatic hydroxyl groups is 1. The quantitative estimate of drug-likeness (QED) is 0.557. The second-order valence-corrected chi connectivity index (χ2v) is 9.04. The topological polar surface area (TPSA) is 84.0 Å². The summed E-state index contributed by atoms with van der Waals surface area (Å²) in [5.41, 5.74) is 5.39. The van der Waals surface area contributed by atoms with Gasteiger partial charge in [0.2, 0.25) is 6.35 Å². The lowest BCUT2D eigenvalue weighted by molar-refractivity contribution is 0.0819. The van der Waals surface area contributed by atoms with Crippen LogP contribution in [0.3, 0.4) is 0 Å². The molecule has 1 amide bonds. The van der Waals surface area contributed by atoms with Crippen molar-refractivity contribution in [2.75, 3.05) is 43.9 Å². The zero-order valence-electron chi connectivity index (χ0n) is 19.6. The van der Waals surface area contributed by atoms with Gasteiger partial charge in [-0.2, -0.15) is 0 Å². The number of nitrogens with zero attached hydrogens (tertiary/aromatic N) is 4. The van der Waals surface area contributed by atoms with Crippen LogP contribution in [0.5, 0.6) is 0 Å². The highest BCUT2D eigenvalue weighted by atomic mass is 32.1. The van der Waals surface area contributed by atoms with Crippen LogP contribution in [-0.2, 0) is 6.54 Å². The number of likely N-dealkylation sites (tertiary alicyclic amines) is 1. The highest BCUT2D eigenvalue weighted by molar-refractivity contribution is 7.80. The van der Waals surface area contributed by atoms with Crippen LogP contribution in [0.1, 0.15) is 40.7 Å². The van der Waals surface area contributed by atoms with Crippen molar-refractivity contribution in [1.29, 1.82) is 0 Å². The molecule has 4 rings (SSSR count). The van der Waals surface area contributed by atoms with Gasteiger partial charge in [0.15, 0.2) is 0 Å². The fraction of sp³-hybridized carbons (Fsp3) is 0.458. The fourth-order valence-corrected chi connectivity index (χ4v) is 5.11. The van der Waals surface area contributed by atoms with Gasteiger partial charge in [-0.05, 0) is 50.1 Å². The van der Waals surface area contributed by atoms with E-state index in [1.165, 1.54) is 5.56 Å². The van der Waals surface area contributed by atoms with Gasteiger partial charge >= 0.3 is 0 Å². The Kier molecular flexibility index (Phi) is 6.83. The number of fused-ring (bicyclic) bond motifs is 1. The third-order valence-electron chi connectivity index (χ3n) is 6.59. The summed E-state index contributed by atoms with van der Waals surface area (Å²) in [5.74, 6) is -0.172. The number of nitrogens with one attached hydrogen (secondary N) is 2. The van der Waals surface area contributed by atoms with Crippen LogP contribution >= 0.6 is 12.2 Å². The lowest BCUT2D eigenvalue weighted by atomic mass is 10.1. The van der Waals surface area contributed by atoms with Crippen molar-refractivity contribution in [3.8, 4) is 0 Å². The minimum absolute atomic E-state index is 0.172. The Morgan fingerprint density at radius 3 is 2.85 bits per heavy atom. The number of likely N-dealkylation sites (N-methyl/N-ethyl adjacent to an activating group) is 1. The summed E-state index contributed by atoms with van der Waals surface area (Å²) in [6.07, 6.45) is 0.270. The van der Waals surface area contributed by atoms with Gasteiger partial charge in [-0.25, -0.2) is 4.98 Å². The highest BCUT2D eigenvalue weighted by Gasteiger charge is 2.29. The van der Waals surface area contributed by atoms with Crippen molar-refractivity contribution in [3.63, 3.8) is 0 Å². The Morgan fingerprint density at radius 2 is 2.15 bits per heavy atom. The number of hydrogen-bond acceptors (Lipinski definition) is 7. The molecular weight excluding hydrogens is 436 g/mol. The van der Waals surface area contributed by atoms with E-state index in [9.17, 15) is 9.90 Å². The molecule has 2 aliphatic rings. The van der Waals surface area contributed by atoms with E-state index >= 15 is 0 Å². The maximum absolute atomic E-state index is 11.9. The first-order chi connectivity index (χ1) is 15.8. The van der Waals surface area contributed by atoms with Crippen molar-refractivity contribution in [1.82, 2.24) is 20.1 Å². The Morgan fingerprint density at radius 1 is 1.36 bits per heavy atom. The molecule has 0 radical (unpaired) electrons. The zero-order valence-corrected chi connectivity index (χ0v) is 20.4. The second-order valence-electron chi connectivity index (χ2n) is 8.66. The van der Waals surface area contributed by atoms with Gasteiger partial charge in [0, 0.05) is 57.6 Å². The molecule has 0 saturated carbocycles. The van der Waals surface area contributed by atoms with Gasteiger partial charge in [-0.1, -0.05) is 18.3 Å². The maximum atomic E-state index is 11.9. The minimum atomic E-state index is -0.790. The highest BCUT2D eigenvalue weighted by Crippen LogP contribution is 2.29. The second kappa shape index (κ2) is 9.62. The molecule has 2 aliphatic heterocycles. The first kappa shape index (κ1) is 23.4. The molecule has 9 heteroatoms. The Labute approximate surface area is 200 Å². The van der Waals surface area contributed by atoms with Gasteiger partial charge in [0.1, 0.15) is 10.7 Å². The van der Waals surface area contributed by atoms with E-state index in [-0.39, 0.29) is 5.91 Å². The predicted octanol–water partition coefficient (Wildman–Crippen LogP) is 2.16. The minimum Gasteiger partial charge on any atom is -0.369 e. The first-order valence-corrected chi connectivity index (χ1v) is 11.8. The Bertz CT molecular complexity index is 1060. The predicted molar refractivity (Wildman–Crippen MR) is 135 cm³/mol. The van der Waals surface area contributed by atoms with Crippen LogP contribution in [0, 0.1) is 6.92 Å². The number of aryl methyl sites for hydroxylation is 1. The molecule has 0 aliphatic carbocycles. The largest absolute Gasteiger partial charge is 0.369 e. The number of hydrogen-bond donors (Lipinski definition) is 3. The molecule has 8 nitrogen and oxygen atoms in total. The van der Waals surface area contributed by atoms with Crippen LogP contribution in [0.4, 0.5) is 11.4 Å². The smallest absolute Gasteiger partial charge is 0.269 e. The number of benzene rings is 1. The summed E-state index contributed by atoms with van der Waals surface area (Å²) in [6.45, 7) is 7.37. The van der Waals surface area contributed by atoms with Crippen LogP contribution in [0.15, 0.2) is 30.3 Å². The normalized spacial score (nSPS) is 20.4. The standard InChI is InChI=1S/C24H32N6O2S/c1-5-30-23(33)18-7-6-16(12-20(18)27-24(30)32)13-29-11-10-17(14-29)28(4)21-9-8-19(22(31)25-3)26-15(21)2/h6-9,12,17,24,27,32H,5,10-11,13-14H2,1-4H3,(H,25,31). The average Bonchev–Trinajstić information content (AvgIpc) is 3.26. The number of aliphatic hydroxyl groups excluding tert-OH is 1. The van der Waals surface area contributed by atoms with Gasteiger partial charge in [0.05, 0.1) is 11.4 Å². The summed E-state index contributed by atoms with van der Waals surface area (Å²) in [6, 6.07) is 10.4. The van der Waals surface area contributed by atoms with Crippen LogP contribution in [0.25, 0.3) is 0 Å². The van der Waals surface area contributed by atoms with Gasteiger partial charge < -0.3 is 25.5 Å². The van der Waals surface area contributed by atoms with E-state index in [4.69, 9.17) is 12.2 Å². The van der Waals surface area contributed by atoms with Crippen molar-refractivity contribution >= 4 is 34.5 Å². The molecule has 1 aromatic carbocycles. The van der Waals surface area contributed by atoms with E-state index in [1.807, 2.05) is 19.9 Å².